The molecule has 2 aliphatic heterocycles. The van der Waals surface area contributed by atoms with Gasteiger partial charge in [-0.2, -0.15) is 9.34 Å². The Morgan fingerprint density at radius 3 is 1.90 bits per heavy atom. The van der Waals surface area contributed by atoms with Gasteiger partial charge in [0.1, 0.15) is 0 Å². The minimum absolute atomic E-state index is 0. The Bertz CT molecular complexity index is 377. The highest BCUT2D eigenvalue weighted by atomic mass is 127. The van der Waals surface area contributed by atoms with Crippen LogP contribution in [0.25, 0.3) is 0 Å². The Labute approximate surface area is 142 Å². The van der Waals surface area contributed by atoms with E-state index in [4.69, 9.17) is 9.47 Å². The van der Waals surface area contributed by atoms with Crippen LogP contribution >= 0.6 is 18.9 Å². The lowest BCUT2D eigenvalue weighted by Gasteiger charge is -2.42. The zero-order valence-corrected chi connectivity index (χ0v) is 15.7. The van der Waals surface area contributed by atoms with Gasteiger partial charge in [0.25, 0.3) is 0 Å². The van der Waals surface area contributed by atoms with E-state index in [1.54, 1.807) is 0 Å². The molecule has 0 saturated carbocycles. The van der Waals surface area contributed by atoms with Crippen LogP contribution in [-0.4, -0.2) is 68.6 Å². The van der Waals surface area contributed by atoms with Crippen LogP contribution in [0.4, 0.5) is 0 Å². The van der Waals surface area contributed by atoms with Crippen molar-refractivity contribution in [3.05, 3.63) is 17.5 Å². The summed E-state index contributed by atoms with van der Waals surface area (Å²) in [6, 6.07) is 4.49. The van der Waals surface area contributed by atoms with Gasteiger partial charge in [0.05, 0.1) is 59.3 Å². The maximum atomic E-state index is 5.54. The number of morpholine rings is 2. The average Bonchev–Trinajstić information content (AvgIpc) is 3.03. The van der Waals surface area contributed by atoms with Crippen LogP contribution in [0.15, 0.2) is 17.5 Å². The molecule has 0 spiro atoms. The molecule has 3 heterocycles. The van der Waals surface area contributed by atoms with Gasteiger partial charge in [-0.25, -0.2) is 0 Å². The lowest BCUT2D eigenvalue weighted by atomic mass is 10.5. The predicted octanol–water partition coefficient (Wildman–Crippen LogP) is -1.48. The van der Waals surface area contributed by atoms with Crippen molar-refractivity contribution < 1.29 is 33.5 Å². The smallest absolute Gasteiger partial charge is 0.193 e. The van der Waals surface area contributed by atoms with E-state index < -0.39 is 7.56 Å². The van der Waals surface area contributed by atoms with E-state index in [1.807, 2.05) is 11.3 Å². The molecule has 1 aromatic heterocycles. The maximum Gasteiger partial charge on any atom is 0.193 e. The molecule has 3 rings (SSSR count). The third kappa shape index (κ3) is 3.37. The number of hydrogen-bond donors (Lipinski definition) is 0. The lowest BCUT2D eigenvalue weighted by Crippen LogP contribution is -3.00. The molecule has 0 unspecified atom stereocenters. The molecule has 7 heteroatoms. The number of thiophene rings is 1. The molecule has 0 aliphatic carbocycles. The Morgan fingerprint density at radius 2 is 1.50 bits per heavy atom. The third-order valence-corrected chi connectivity index (χ3v) is 10.0. The molecule has 0 amide bonds. The minimum Gasteiger partial charge on any atom is -1.00 e. The summed E-state index contributed by atoms with van der Waals surface area (Å²) in [7, 11) is -1.40. The summed E-state index contributed by atoms with van der Waals surface area (Å²) in [5.74, 6) is 0. The first-order valence-corrected chi connectivity index (χ1v) is 9.91. The Morgan fingerprint density at radius 1 is 1.00 bits per heavy atom. The molecule has 1 aromatic rings. The monoisotopic (exact) mass is 428 g/mol. The fourth-order valence-electron chi connectivity index (χ4n) is 2.85. The van der Waals surface area contributed by atoms with Gasteiger partial charge in [-0.3, -0.25) is 0 Å². The van der Waals surface area contributed by atoms with Gasteiger partial charge in [0.2, 0.25) is 0 Å². The van der Waals surface area contributed by atoms with Crippen molar-refractivity contribution in [1.82, 2.24) is 9.34 Å². The summed E-state index contributed by atoms with van der Waals surface area (Å²) in [6.45, 7) is 10.2. The van der Waals surface area contributed by atoms with Crippen LogP contribution in [0, 0.1) is 0 Å². The van der Waals surface area contributed by atoms with Gasteiger partial charge in [-0.05, 0) is 17.5 Å². The summed E-state index contributed by atoms with van der Waals surface area (Å²) < 4.78 is 18.0. The number of nitrogens with zero attached hydrogens (tertiary/aromatic N) is 2. The van der Waals surface area contributed by atoms with Crippen LogP contribution in [0.2, 0.25) is 0 Å². The van der Waals surface area contributed by atoms with E-state index in [-0.39, 0.29) is 24.0 Å². The first-order valence-electron chi connectivity index (χ1n) is 6.89. The van der Waals surface area contributed by atoms with Crippen LogP contribution in [-0.2, 0) is 9.47 Å². The highest BCUT2D eigenvalue weighted by Gasteiger charge is 2.50. The molecule has 0 radical (unpaired) electrons. The molecule has 2 fully saturated rings. The van der Waals surface area contributed by atoms with E-state index in [1.165, 1.54) is 4.62 Å². The van der Waals surface area contributed by atoms with E-state index in [0.717, 1.165) is 52.6 Å². The summed E-state index contributed by atoms with van der Waals surface area (Å²) in [5.41, 5.74) is 0. The molecule has 0 bridgehead atoms. The molecule has 20 heavy (non-hydrogen) atoms. The number of hydrogen-bond acceptors (Lipinski definition) is 5. The van der Waals surface area contributed by atoms with Crippen molar-refractivity contribution in [2.75, 3.05) is 59.3 Å². The first-order chi connectivity index (χ1) is 9.32. The molecule has 114 valence electrons. The molecule has 0 aromatic carbocycles. The molecule has 0 N–H and O–H groups in total. The van der Waals surface area contributed by atoms with Crippen LogP contribution in [0.3, 0.4) is 0 Å². The van der Waals surface area contributed by atoms with E-state index >= 15 is 0 Å². The Hall–Kier alpha value is 0.700. The SMILES string of the molecule is C[P+](c1cccs1)(N1CCOCC1)N1CCOCC1.[I-]. The van der Waals surface area contributed by atoms with Crippen LogP contribution in [0.5, 0.6) is 0 Å². The third-order valence-electron chi connectivity index (χ3n) is 4.00. The van der Waals surface area contributed by atoms with Crippen LogP contribution < -0.4 is 28.6 Å². The van der Waals surface area contributed by atoms with Gasteiger partial charge >= 0.3 is 0 Å². The van der Waals surface area contributed by atoms with Gasteiger partial charge in [0.15, 0.2) is 12.2 Å². The Balaban J connectivity index is 0.00000147. The van der Waals surface area contributed by atoms with Crippen molar-refractivity contribution in [2.24, 2.45) is 0 Å². The van der Waals surface area contributed by atoms with Crippen molar-refractivity contribution in [3.8, 4) is 0 Å². The zero-order valence-electron chi connectivity index (χ0n) is 11.8. The summed E-state index contributed by atoms with van der Waals surface area (Å²) in [4.78, 5) is 0. The second-order valence-corrected chi connectivity index (χ2v) is 9.69. The average molecular weight is 428 g/mol. The van der Waals surface area contributed by atoms with E-state index in [0.29, 0.717) is 0 Å². The fraction of sp³-hybridized carbons (Fsp3) is 0.692. The van der Waals surface area contributed by atoms with E-state index in [2.05, 4.69) is 33.5 Å². The van der Waals surface area contributed by atoms with Crippen molar-refractivity contribution in [2.45, 2.75) is 0 Å². The standard InChI is InChI=1S/C13H22N2O2PS.HI/c1-18(13-3-2-12-19-13,14-4-8-16-9-5-14)15-6-10-17-11-7-15;/h2-3,12H,4-11H2,1H3;1H/q+1;/p-1. The molecular weight excluding hydrogens is 406 g/mol. The molecule has 2 saturated heterocycles. The van der Waals surface area contributed by atoms with Gasteiger partial charge in [-0.1, -0.05) is 0 Å². The molecule has 2 aliphatic rings. The van der Waals surface area contributed by atoms with Gasteiger partial charge in [-0.15, -0.1) is 11.3 Å². The normalized spacial score (nSPS) is 22.4. The predicted molar refractivity (Wildman–Crippen MR) is 81.6 cm³/mol. The highest BCUT2D eigenvalue weighted by molar-refractivity contribution is 7.82. The summed E-state index contributed by atoms with van der Waals surface area (Å²) >= 11 is 1.90. The van der Waals surface area contributed by atoms with Crippen LogP contribution in [0.1, 0.15) is 0 Å². The second kappa shape index (κ2) is 7.81. The first kappa shape index (κ1) is 17.1. The van der Waals surface area contributed by atoms with Crippen molar-refractivity contribution in [1.29, 1.82) is 0 Å². The molecule has 0 atom stereocenters. The quantitative estimate of drug-likeness (QED) is 0.433. The topological polar surface area (TPSA) is 24.9 Å². The summed E-state index contributed by atoms with van der Waals surface area (Å²) in [5, 5.41) is 2.20. The van der Waals surface area contributed by atoms with Gasteiger partial charge < -0.3 is 33.5 Å². The van der Waals surface area contributed by atoms with Gasteiger partial charge in [0, 0.05) is 0 Å². The lowest BCUT2D eigenvalue weighted by molar-refractivity contribution is -0.00000536. The van der Waals surface area contributed by atoms with Crippen molar-refractivity contribution in [3.63, 3.8) is 0 Å². The zero-order chi connectivity index (χ0) is 13.1. The highest BCUT2D eigenvalue weighted by Crippen LogP contribution is 2.61. The van der Waals surface area contributed by atoms with E-state index in [9.17, 15) is 0 Å². The fourth-order valence-corrected chi connectivity index (χ4v) is 8.15. The number of rotatable bonds is 3. The van der Waals surface area contributed by atoms with Crippen molar-refractivity contribution >= 4 is 23.5 Å². The number of halogens is 1. The minimum atomic E-state index is -1.40. The maximum absolute atomic E-state index is 5.54. The Kier molecular flexibility index (Phi) is 6.66. The number of ether oxygens (including phenoxy) is 2. The molecule has 4 nitrogen and oxygen atoms in total. The second-order valence-electron chi connectivity index (χ2n) is 5.00. The largest absolute Gasteiger partial charge is 1.00 e. The summed E-state index contributed by atoms with van der Waals surface area (Å²) in [6.07, 6.45) is 0. The molecular formula is C13H22IN2O2PS.